The molecule has 0 saturated carbocycles. The summed E-state index contributed by atoms with van der Waals surface area (Å²) in [5.74, 6) is 0. The first-order chi connectivity index (χ1) is 8.78. The number of hydrogen-bond donors (Lipinski definition) is 1. The van der Waals surface area contributed by atoms with Gasteiger partial charge >= 0.3 is 0 Å². The Balaban J connectivity index is 1.84. The number of nitrogen functional groups attached to an aromatic ring is 1. The number of nitrogens with two attached hydrogens (primary N) is 1. The van der Waals surface area contributed by atoms with E-state index in [-0.39, 0.29) is 0 Å². The smallest absolute Gasteiger partial charge is 0.0636 e. The van der Waals surface area contributed by atoms with Crippen LogP contribution in [0.2, 0.25) is 0 Å². The number of para-hydroxylation sites is 1. The van der Waals surface area contributed by atoms with Gasteiger partial charge in [-0.15, -0.1) is 11.3 Å². The normalized spacial score (nSPS) is 13.9. The van der Waals surface area contributed by atoms with E-state index in [0.29, 0.717) is 0 Å². The average molecular weight is 258 g/mol. The van der Waals surface area contributed by atoms with Crippen molar-refractivity contribution < 1.29 is 0 Å². The number of fused-ring (bicyclic) bond motifs is 1. The summed E-state index contributed by atoms with van der Waals surface area (Å²) in [6.07, 6.45) is 2.25. The summed E-state index contributed by atoms with van der Waals surface area (Å²) < 4.78 is 0. The van der Waals surface area contributed by atoms with Crippen LogP contribution in [0.25, 0.3) is 0 Å². The summed E-state index contributed by atoms with van der Waals surface area (Å²) in [6.45, 7) is 4.29. The highest BCUT2D eigenvalue weighted by Crippen LogP contribution is 2.35. The summed E-state index contributed by atoms with van der Waals surface area (Å²) in [7, 11) is 0. The zero-order valence-electron chi connectivity index (χ0n) is 10.6. The van der Waals surface area contributed by atoms with E-state index < -0.39 is 0 Å². The molecule has 0 unspecified atom stereocenters. The number of nitrogens with zero attached hydrogens (tertiary/aromatic N) is 1. The molecule has 0 atom stereocenters. The second-order valence-electron chi connectivity index (χ2n) is 4.75. The Morgan fingerprint density at radius 2 is 2.06 bits per heavy atom. The number of aryl methyl sites for hydroxylation is 1. The second kappa shape index (κ2) is 4.65. The maximum absolute atomic E-state index is 6.11. The lowest BCUT2D eigenvalue weighted by Crippen LogP contribution is -2.19. The third-order valence-corrected chi connectivity index (χ3v) is 4.74. The first kappa shape index (κ1) is 11.6. The zero-order valence-corrected chi connectivity index (χ0v) is 11.5. The molecule has 1 aliphatic rings. The molecule has 3 heteroatoms. The molecule has 1 aromatic heterocycles. The Morgan fingerprint density at radius 3 is 2.83 bits per heavy atom. The van der Waals surface area contributed by atoms with Gasteiger partial charge in [0.1, 0.15) is 0 Å². The zero-order chi connectivity index (χ0) is 12.5. The first-order valence-corrected chi connectivity index (χ1v) is 7.29. The van der Waals surface area contributed by atoms with E-state index in [2.05, 4.69) is 36.1 Å². The fraction of sp³-hybridized carbons (Fsp3) is 0.333. The van der Waals surface area contributed by atoms with E-state index in [1.54, 1.807) is 0 Å². The van der Waals surface area contributed by atoms with Crippen molar-refractivity contribution in [2.75, 3.05) is 17.2 Å². The van der Waals surface area contributed by atoms with Crippen molar-refractivity contribution in [3.63, 3.8) is 0 Å². The van der Waals surface area contributed by atoms with Crippen LogP contribution in [-0.4, -0.2) is 6.54 Å². The number of benzene rings is 1. The Morgan fingerprint density at radius 1 is 1.22 bits per heavy atom. The molecule has 0 spiro atoms. The summed E-state index contributed by atoms with van der Waals surface area (Å²) in [5.41, 5.74) is 9.67. The van der Waals surface area contributed by atoms with Gasteiger partial charge in [-0.2, -0.15) is 0 Å². The molecule has 2 N–H and O–H groups in total. The summed E-state index contributed by atoms with van der Waals surface area (Å²) >= 11 is 1.92. The van der Waals surface area contributed by atoms with Crippen LogP contribution >= 0.6 is 11.3 Å². The molecule has 94 valence electrons. The van der Waals surface area contributed by atoms with Gasteiger partial charge in [0.25, 0.3) is 0 Å². The van der Waals surface area contributed by atoms with Gasteiger partial charge in [-0.3, -0.25) is 0 Å². The molecule has 2 aromatic rings. The third-order valence-electron chi connectivity index (χ3n) is 3.53. The first-order valence-electron chi connectivity index (χ1n) is 6.48. The predicted octanol–water partition coefficient (Wildman–Crippen LogP) is 3.46. The SMILES string of the molecule is CCc1ccc(CN2CCc3cccc(N)c32)s1. The minimum Gasteiger partial charge on any atom is -0.397 e. The van der Waals surface area contributed by atoms with Crippen molar-refractivity contribution in [2.24, 2.45) is 0 Å². The fourth-order valence-corrected chi connectivity index (χ4v) is 3.58. The predicted molar refractivity (Wildman–Crippen MR) is 79.3 cm³/mol. The van der Waals surface area contributed by atoms with Crippen LogP contribution in [-0.2, 0) is 19.4 Å². The molecule has 18 heavy (non-hydrogen) atoms. The average Bonchev–Trinajstić information content (AvgIpc) is 2.98. The van der Waals surface area contributed by atoms with E-state index in [0.717, 1.165) is 31.6 Å². The standard InChI is InChI=1S/C15H18N2S/c1-2-12-6-7-13(18-12)10-17-9-8-11-4-3-5-14(16)15(11)17/h3-7H,2,8-10,16H2,1H3. The van der Waals surface area contributed by atoms with Crippen LogP contribution in [0, 0.1) is 0 Å². The largest absolute Gasteiger partial charge is 0.397 e. The van der Waals surface area contributed by atoms with Crippen molar-refractivity contribution in [1.29, 1.82) is 0 Å². The molecule has 2 nitrogen and oxygen atoms in total. The minimum absolute atomic E-state index is 0.914. The number of rotatable bonds is 3. The lowest BCUT2D eigenvalue weighted by atomic mass is 10.1. The van der Waals surface area contributed by atoms with E-state index in [9.17, 15) is 0 Å². The van der Waals surface area contributed by atoms with Gasteiger partial charge in [0, 0.05) is 16.3 Å². The van der Waals surface area contributed by atoms with E-state index in [1.165, 1.54) is 21.0 Å². The molecule has 0 amide bonds. The number of hydrogen-bond acceptors (Lipinski definition) is 3. The molecule has 1 aromatic carbocycles. The fourth-order valence-electron chi connectivity index (χ4n) is 2.61. The van der Waals surface area contributed by atoms with Gasteiger partial charge in [0.2, 0.25) is 0 Å². The second-order valence-corrected chi connectivity index (χ2v) is 6.00. The molecule has 0 saturated heterocycles. The van der Waals surface area contributed by atoms with Gasteiger partial charge in [0.05, 0.1) is 17.9 Å². The molecule has 0 aliphatic carbocycles. The highest BCUT2D eigenvalue weighted by Gasteiger charge is 2.21. The Bertz CT molecular complexity index is 559. The Labute approximate surface area is 112 Å². The lowest BCUT2D eigenvalue weighted by molar-refractivity contribution is 0.847. The summed E-state index contributed by atoms with van der Waals surface area (Å²) in [4.78, 5) is 5.31. The molecule has 0 fully saturated rings. The van der Waals surface area contributed by atoms with Crippen molar-refractivity contribution in [1.82, 2.24) is 0 Å². The minimum atomic E-state index is 0.914. The maximum Gasteiger partial charge on any atom is 0.0636 e. The van der Waals surface area contributed by atoms with Crippen molar-refractivity contribution >= 4 is 22.7 Å². The molecule has 3 rings (SSSR count). The van der Waals surface area contributed by atoms with Gasteiger partial charge < -0.3 is 10.6 Å². The van der Waals surface area contributed by atoms with Crippen molar-refractivity contribution in [3.05, 3.63) is 45.6 Å². The van der Waals surface area contributed by atoms with Crippen LogP contribution in [0.15, 0.2) is 30.3 Å². The highest BCUT2D eigenvalue weighted by molar-refractivity contribution is 7.12. The van der Waals surface area contributed by atoms with Crippen LogP contribution in [0.5, 0.6) is 0 Å². The Hall–Kier alpha value is -1.48. The maximum atomic E-state index is 6.11. The van der Waals surface area contributed by atoms with Crippen LogP contribution in [0.3, 0.4) is 0 Å². The summed E-state index contributed by atoms with van der Waals surface area (Å²) in [6, 6.07) is 10.7. The van der Waals surface area contributed by atoms with Crippen LogP contribution < -0.4 is 10.6 Å². The molecular formula is C15H18N2S. The quantitative estimate of drug-likeness (QED) is 0.854. The molecule has 0 bridgehead atoms. The number of anilines is 2. The Kier molecular flexibility index (Phi) is 3.00. The van der Waals surface area contributed by atoms with Gasteiger partial charge in [0.15, 0.2) is 0 Å². The van der Waals surface area contributed by atoms with Crippen LogP contribution in [0.1, 0.15) is 22.2 Å². The van der Waals surface area contributed by atoms with E-state index >= 15 is 0 Å². The molecule has 2 heterocycles. The van der Waals surface area contributed by atoms with Gasteiger partial charge in [-0.05, 0) is 36.6 Å². The van der Waals surface area contributed by atoms with Crippen molar-refractivity contribution in [3.8, 4) is 0 Å². The topological polar surface area (TPSA) is 29.3 Å². The molecule has 0 radical (unpaired) electrons. The molecular weight excluding hydrogens is 240 g/mol. The highest BCUT2D eigenvalue weighted by atomic mass is 32.1. The van der Waals surface area contributed by atoms with Crippen molar-refractivity contribution in [2.45, 2.75) is 26.3 Å². The lowest BCUT2D eigenvalue weighted by Gasteiger charge is -2.20. The third kappa shape index (κ3) is 1.99. The monoisotopic (exact) mass is 258 g/mol. The number of thiophene rings is 1. The van der Waals surface area contributed by atoms with Gasteiger partial charge in [-0.1, -0.05) is 19.1 Å². The van der Waals surface area contributed by atoms with E-state index in [4.69, 9.17) is 5.73 Å². The summed E-state index contributed by atoms with van der Waals surface area (Å²) in [5, 5.41) is 0. The van der Waals surface area contributed by atoms with E-state index in [1.807, 2.05) is 17.4 Å². The molecule has 1 aliphatic heterocycles. The van der Waals surface area contributed by atoms with Crippen LogP contribution in [0.4, 0.5) is 11.4 Å². The van der Waals surface area contributed by atoms with Gasteiger partial charge in [-0.25, -0.2) is 0 Å².